The summed E-state index contributed by atoms with van der Waals surface area (Å²) in [6.07, 6.45) is -1.40. The minimum Gasteiger partial charge on any atom is -0.478 e. The summed E-state index contributed by atoms with van der Waals surface area (Å²) >= 11 is 0. The van der Waals surface area contributed by atoms with E-state index in [1.165, 1.54) is 0 Å². The van der Waals surface area contributed by atoms with E-state index in [2.05, 4.69) is 4.98 Å². The van der Waals surface area contributed by atoms with Crippen molar-refractivity contribution < 1.29 is 28.2 Å². The maximum absolute atomic E-state index is 14.4. The number of rotatable bonds is 7. The van der Waals surface area contributed by atoms with E-state index in [0.29, 0.717) is 12.6 Å². The molecule has 32 heavy (non-hydrogen) atoms. The Morgan fingerprint density at radius 1 is 1.03 bits per heavy atom. The van der Waals surface area contributed by atoms with E-state index >= 15 is 0 Å². The predicted octanol–water partition coefficient (Wildman–Crippen LogP) is 5.16. The van der Waals surface area contributed by atoms with Crippen molar-refractivity contribution in [3.8, 4) is 28.6 Å². The lowest BCUT2D eigenvalue weighted by Gasteiger charge is -2.27. The molecular formula is C24H24F2N2O4. The number of hydrogen-bond acceptors (Lipinski definition) is 5. The van der Waals surface area contributed by atoms with E-state index in [-0.39, 0.29) is 5.75 Å². The van der Waals surface area contributed by atoms with E-state index in [1.807, 2.05) is 30.3 Å². The quantitative estimate of drug-likeness (QED) is 0.525. The van der Waals surface area contributed by atoms with Gasteiger partial charge in [-0.05, 0) is 34.9 Å². The fraction of sp³-hybridized carbons (Fsp3) is 0.250. The van der Waals surface area contributed by atoms with Crippen molar-refractivity contribution in [3.63, 3.8) is 0 Å². The predicted molar refractivity (Wildman–Crippen MR) is 116 cm³/mol. The molecule has 3 N–H and O–H groups in total. The maximum Gasteiger partial charge on any atom is 0.345 e. The molecule has 0 spiro atoms. The lowest BCUT2D eigenvalue weighted by molar-refractivity contribution is -0.150. The van der Waals surface area contributed by atoms with Crippen LogP contribution >= 0.6 is 0 Å². The summed E-state index contributed by atoms with van der Waals surface area (Å²) in [4.78, 5) is 15.3. The van der Waals surface area contributed by atoms with Crippen LogP contribution in [0, 0.1) is 17.0 Å². The van der Waals surface area contributed by atoms with Crippen molar-refractivity contribution in [1.29, 1.82) is 0 Å². The third-order valence-corrected chi connectivity index (χ3v) is 4.65. The zero-order chi connectivity index (χ0) is 23.5. The van der Waals surface area contributed by atoms with Crippen LogP contribution in [0.4, 0.5) is 8.78 Å². The average molecular weight is 442 g/mol. The molecule has 3 rings (SSSR count). The molecule has 0 aliphatic rings. The van der Waals surface area contributed by atoms with Gasteiger partial charge in [0.15, 0.2) is 11.6 Å². The minimum atomic E-state index is -1.40. The molecule has 8 heteroatoms. The van der Waals surface area contributed by atoms with Crippen molar-refractivity contribution in [2.45, 2.75) is 33.4 Å². The Labute approximate surface area is 184 Å². The number of halogens is 2. The Morgan fingerprint density at radius 2 is 1.66 bits per heavy atom. The Bertz CT molecular complexity index is 1130. The summed E-state index contributed by atoms with van der Waals surface area (Å²) in [6, 6.07) is 15.0. The number of pyridine rings is 1. The van der Waals surface area contributed by atoms with Crippen LogP contribution in [0.5, 0.6) is 17.5 Å². The fourth-order valence-electron chi connectivity index (χ4n) is 3.03. The summed E-state index contributed by atoms with van der Waals surface area (Å²) in [5.74, 6) is -4.40. The van der Waals surface area contributed by atoms with Gasteiger partial charge in [0, 0.05) is 18.0 Å². The third-order valence-electron chi connectivity index (χ3n) is 4.65. The monoisotopic (exact) mass is 442 g/mol. The average Bonchev–Trinajstić information content (AvgIpc) is 2.74. The van der Waals surface area contributed by atoms with E-state index in [0.717, 1.165) is 16.7 Å². The maximum atomic E-state index is 14.4. The Hall–Kier alpha value is -3.52. The van der Waals surface area contributed by atoms with Crippen molar-refractivity contribution in [2.24, 2.45) is 11.1 Å². The highest BCUT2D eigenvalue weighted by Gasteiger charge is 2.35. The molecular weight excluding hydrogens is 418 g/mol. The Kier molecular flexibility index (Phi) is 6.74. The third kappa shape index (κ3) is 5.39. The van der Waals surface area contributed by atoms with Crippen LogP contribution in [0.25, 0.3) is 11.1 Å². The summed E-state index contributed by atoms with van der Waals surface area (Å²) in [7, 11) is 0. The van der Waals surface area contributed by atoms with Gasteiger partial charge >= 0.3 is 5.97 Å². The van der Waals surface area contributed by atoms with Gasteiger partial charge in [0.05, 0.1) is 0 Å². The number of ether oxygens (including phenoxy) is 2. The molecule has 0 fully saturated rings. The molecule has 0 saturated heterocycles. The highest BCUT2D eigenvalue weighted by atomic mass is 19.1. The second-order valence-corrected chi connectivity index (χ2v) is 8.30. The second kappa shape index (κ2) is 9.32. The van der Waals surface area contributed by atoms with Gasteiger partial charge in [-0.15, -0.1) is 0 Å². The largest absolute Gasteiger partial charge is 0.478 e. The smallest absolute Gasteiger partial charge is 0.345 e. The second-order valence-electron chi connectivity index (χ2n) is 8.30. The van der Waals surface area contributed by atoms with Crippen LogP contribution in [-0.4, -0.2) is 22.2 Å². The summed E-state index contributed by atoms with van der Waals surface area (Å²) in [5.41, 5.74) is 7.49. The number of nitrogens with zero attached hydrogens (tertiary/aromatic N) is 1. The first kappa shape index (κ1) is 23.1. The lowest BCUT2D eigenvalue weighted by Crippen LogP contribution is -2.39. The summed E-state index contributed by atoms with van der Waals surface area (Å²) in [5, 5.41) is 9.41. The van der Waals surface area contributed by atoms with E-state index < -0.39 is 40.9 Å². The lowest BCUT2D eigenvalue weighted by atomic mass is 9.89. The first-order valence-electron chi connectivity index (χ1n) is 9.91. The van der Waals surface area contributed by atoms with Gasteiger partial charge < -0.3 is 20.3 Å². The normalized spacial score (nSPS) is 12.3. The van der Waals surface area contributed by atoms with Crippen LogP contribution < -0.4 is 15.2 Å². The zero-order valence-corrected chi connectivity index (χ0v) is 17.9. The van der Waals surface area contributed by atoms with Crippen LogP contribution in [0.15, 0.2) is 54.6 Å². The number of carboxylic acids is 1. The van der Waals surface area contributed by atoms with Crippen molar-refractivity contribution in [2.75, 3.05) is 0 Å². The molecule has 6 nitrogen and oxygen atoms in total. The molecule has 0 radical (unpaired) electrons. The van der Waals surface area contributed by atoms with Gasteiger partial charge in [-0.2, -0.15) is 4.98 Å². The number of aliphatic carboxylic acids is 1. The molecule has 0 aliphatic heterocycles. The van der Waals surface area contributed by atoms with Crippen molar-refractivity contribution in [1.82, 2.24) is 4.98 Å². The number of aromatic nitrogens is 1. The van der Waals surface area contributed by atoms with Gasteiger partial charge in [0.2, 0.25) is 6.10 Å². The fourth-order valence-corrected chi connectivity index (χ4v) is 3.03. The Balaban J connectivity index is 1.91. The molecule has 0 amide bonds. The Morgan fingerprint density at radius 3 is 2.28 bits per heavy atom. The van der Waals surface area contributed by atoms with E-state index in [9.17, 15) is 18.7 Å². The summed E-state index contributed by atoms with van der Waals surface area (Å²) < 4.78 is 39.4. The molecule has 1 atom stereocenters. The van der Waals surface area contributed by atoms with Gasteiger partial charge in [-0.3, -0.25) is 0 Å². The van der Waals surface area contributed by atoms with Gasteiger partial charge in [-0.1, -0.05) is 51.1 Å². The molecule has 0 bridgehead atoms. The minimum absolute atomic E-state index is 0.259. The molecule has 3 aromatic rings. The van der Waals surface area contributed by atoms with Gasteiger partial charge in [0.1, 0.15) is 5.75 Å². The van der Waals surface area contributed by atoms with E-state index in [1.54, 1.807) is 39.0 Å². The van der Waals surface area contributed by atoms with Crippen LogP contribution in [-0.2, 0) is 11.3 Å². The van der Waals surface area contributed by atoms with Gasteiger partial charge in [0.25, 0.3) is 11.8 Å². The van der Waals surface area contributed by atoms with Crippen LogP contribution in [0.1, 0.15) is 26.3 Å². The van der Waals surface area contributed by atoms with Gasteiger partial charge in [-0.25, -0.2) is 13.6 Å². The SMILES string of the molecule is CC(C)(C)C(Oc1nc(Oc2cccc(-c3cccc(CN)c3)c2)c(F)cc1F)C(=O)O. The number of carbonyl (C=O) groups is 1. The topological polar surface area (TPSA) is 94.7 Å². The first-order valence-corrected chi connectivity index (χ1v) is 9.91. The number of benzene rings is 2. The molecule has 168 valence electrons. The van der Waals surface area contributed by atoms with Crippen molar-refractivity contribution in [3.05, 3.63) is 71.8 Å². The highest BCUT2D eigenvalue weighted by Crippen LogP contribution is 2.32. The molecule has 1 unspecified atom stereocenters. The van der Waals surface area contributed by atoms with Crippen molar-refractivity contribution >= 4 is 5.97 Å². The zero-order valence-electron chi connectivity index (χ0n) is 17.9. The number of carboxylic acid groups (broad SMARTS) is 1. The summed E-state index contributed by atoms with van der Waals surface area (Å²) in [6.45, 7) is 5.25. The molecule has 1 heterocycles. The van der Waals surface area contributed by atoms with Crippen LogP contribution in [0.3, 0.4) is 0 Å². The van der Waals surface area contributed by atoms with Crippen LogP contribution in [0.2, 0.25) is 0 Å². The first-order chi connectivity index (χ1) is 15.1. The molecule has 0 saturated carbocycles. The standard InChI is InChI=1S/C24H24F2N2O4/c1-24(2,3)20(23(29)30)32-22-19(26)12-18(25)21(28-22)31-17-9-5-8-16(11-17)15-7-4-6-14(10-15)13-27/h4-12,20H,13,27H2,1-3H3,(H,29,30). The number of nitrogens with two attached hydrogens (primary N) is 1. The number of hydrogen-bond donors (Lipinski definition) is 2. The van der Waals surface area contributed by atoms with E-state index in [4.69, 9.17) is 15.2 Å². The molecule has 0 aliphatic carbocycles. The highest BCUT2D eigenvalue weighted by molar-refractivity contribution is 5.73. The molecule has 1 aromatic heterocycles. The molecule has 2 aromatic carbocycles.